The highest BCUT2D eigenvalue weighted by Crippen LogP contribution is 2.26. The lowest BCUT2D eigenvalue weighted by molar-refractivity contribution is 0.0994. The van der Waals surface area contributed by atoms with E-state index in [9.17, 15) is 4.79 Å². The Labute approximate surface area is 101 Å². The summed E-state index contributed by atoms with van der Waals surface area (Å²) >= 11 is 1.42. The molecule has 0 spiro atoms. The van der Waals surface area contributed by atoms with E-state index < -0.39 is 5.91 Å². The Kier molecular flexibility index (Phi) is 3.01. The number of ether oxygens (including phenoxy) is 1. The summed E-state index contributed by atoms with van der Waals surface area (Å²) in [6.07, 6.45) is 0. The SMILES string of the molecule is COc1nc(C)c(C(N)=O)nc1-c1cscn1. The van der Waals surface area contributed by atoms with Crippen LogP contribution in [-0.4, -0.2) is 28.0 Å². The molecule has 2 aromatic heterocycles. The Bertz CT molecular complexity index is 554. The fraction of sp³-hybridized carbons (Fsp3) is 0.200. The van der Waals surface area contributed by atoms with E-state index >= 15 is 0 Å². The number of thiazole rings is 1. The van der Waals surface area contributed by atoms with Gasteiger partial charge in [0.2, 0.25) is 5.88 Å². The highest BCUT2D eigenvalue weighted by atomic mass is 32.1. The van der Waals surface area contributed by atoms with Gasteiger partial charge in [0.1, 0.15) is 11.4 Å². The number of aromatic nitrogens is 3. The number of carbonyl (C=O) groups excluding carboxylic acids is 1. The van der Waals surface area contributed by atoms with Gasteiger partial charge in [0.25, 0.3) is 5.91 Å². The number of primary amides is 1. The highest BCUT2D eigenvalue weighted by Gasteiger charge is 2.17. The van der Waals surface area contributed by atoms with E-state index in [0.717, 1.165) is 0 Å². The second-order valence-corrected chi connectivity index (χ2v) is 3.97. The van der Waals surface area contributed by atoms with Gasteiger partial charge in [-0.2, -0.15) is 0 Å². The summed E-state index contributed by atoms with van der Waals surface area (Å²) in [5, 5.41) is 1.80. The third-order valence-electron chi connectivity index (χ3n) is 2.14. The lowest BCUT2D eigenvalue weighted by Crippen LogP contribution is -2.17. The molecule has 0 unspecified atom stereocenters. The average Bonchev–Trinajstić information content (AvgIpc) is 2.81. The molecule has 0 saturated carbocycles. The van der Waals surface area contributed by atoms with E-state index in [1.54, 1.807) is 17.8 Å². The highest BCUT2D eigenvalue weighted by molar-refractivity contribution is 7.07. The van der Waals surface area contributed by atoms with Gasteiger partial charge in [-0.25, -0.2) is 15.0 Å². The second kappa shape index (κ2) is 4.46. The van der Waals surface area contributed by atoms with Gasteiger partial charge < -0.3 is 10.5 Å². The number of nitrogens with zero attached hydrogens (tertiary/aromatic N) is 3. The molecular weight excluding hydrogens is 240 g/mol. The van der Waals surface area contributed by atoms with Crippen molar-refractivity contribution in [1.29, 1.82) is 0 Å². The van der Waals surface area contributed by atoms with Crippen molar-refractivity contribution in [3.05, 3.63) is 22.3 Å². The molecule has 2 N–H and O–H groups in total. The van der Waals surface area contributed by atoms with Crippen LogP contribution in [0.5, 0.6) is 5.88 Å². The Morgan fingerprint density at radius 3 is 2.76 bits per heavy atom. The van der Waals surface area contributed by atoms with E-state index in [-0.39, 0.29) is 5.69 Å². The van der Waals surface area contributed by atoms with Crippen LogP contribution in [0.25, 0.3) is 11.4 Å². The van der Waals surface area contributed by atoms with Crippen LogP contribution in [0.15, 0.2) is 10.9 Å². The fourth-order valence-corrected chi connectivity index (χ4v) is 1.91. The molecule has 0 aliphatic heterocycles. The molecule has 0 radical (unpaired) electrons. The number of hydrogen-bond donors (Lipinski definition) is 1. The predicted molar refractivity (Wildman–Crippen MR) is 62.9 cm³/mol. The number of rotatable bonds is 3. The third-order valence-corrected chi connectivity index (χ3v) is 2.73. The first-order valence-corrected chi connectivity index (χ1v) is 5.68. The predicted octanol–water partition coefficient (Wildman–Crippen LogP) is 1.02. The van der Waals surface area contributed by atoms with Crippen LogP contribution in [-0.2, 0) is 0 Å². The lowest BCUT2D eigenvalue weighted by Gasteiger charge is -2.08. The van der Waals surface area contributed by atoms with Gasteiger partial charge in [0.15, 0.2) is 5.69 Å². The minimum atomic E-state index is -0.617. The zero-order valence-corrected chi connectivity index (χ0v) is 10.1. The number of hydrogen-bond acceptors (Lipinski definition) is 6. The molecular formula is C10H10N4O2S. The van der Waals surface area contributed by atoms with E-state index in [4.69, 9.17) is 10.5 Å². The maximum atomic E-state index is 11.2. The van der Waals surface area contributed by atoms with E-state index in [1.807, 2.05) is 0 Å². The molecule has 2 rings (SSSR count). The minimum absolute atomic E-state index is 0.133. The van der Waals surface area contributed by atoms with Crippen molar-refractivity contribution >= 4 is 17.2 Å². The summed E-state index contributed by atoms with van der Waals surface area (Å²) < 4.78 is 5.12. The first kappa shape index (κ1) is 11.5. The number of amides is 1. The van der Waals surface area contributed by atoms with Crippen molar-refractivity contribution in [2.75, 3.05) is 7.11 Å². The topological polar surface area (TPSA) is 91.0 Å². The lowest BCUT2D eigenvalue weighted by atomic mass is 10.2. The largest absolute Gasteiger partial charge is 0.479 e. The molecule has 1 amide bonds. The Balaban J connectivity index is 2.64. The summed E-state index contributed by atoms with van der Waals surface area (Å²) in [4.78, 5) is 23.6. The maximum absolute atomic E-state index is 11.2. The molecule has 0 bridgehead atoms. The molecule has 7 heteroatoms. The zero-order chi connectivity index (χ0) is 12.4. The molecule has 88 valence electrons. The number of aryl methyl sites for hydroxylation is 1. The van der Waals surface area contributed by atoms with Crippen LogP contribution in [0.4, 0.5) is 0 Å². The number of methoxy groups -OCH3 is 1. The van der Waals surface area contributed by atoms with Crippen molar-refractivity contribution in [3.8, 4) is 17.3 Å². The van der Waals surface area contributed by atoms with Crippen molar-refractivity contribution < 1.29 is 9.53 Å². The Morgan fingerprint density at radius 2 is 2.24 bits per heavy atom. The summed E-state index contributed by atoms with van der Waals surface area (Å²) in [5.41, 5.74) is 8.50. The van der Waals surface area contributed by atoms with Gasteiger partial charge in [0, 0.05) is 5.38 Å². The van der Waals surface area contributed by atoms with Crippen LogP contribution < -0.4 is 10.5 Å². The van der Waals surface area contributed by atoms with Crippen LogP contribution in [0.1, 0.15) is 16.2 Å². The molecule has 2 aromatic rings. The maximum Gasteiger partial charge on any atom is 0.269 e. The Hall–Kier alpha value is -2.02. The summed E-state index contributed by atoms with van der Waals surface area (Å²) in [5.74, 6) is -0.285. The molecule has 0 aliphatic rings. The Morgan fingerprint density at radius 1 is 1.47 bits per heavy atom. The normalized spacial score (nSPS) is 10.2. The van der Waals surface area contributed by atoms with E-state index in [2.05, 4.69) is 15.0 Å². The van der Waals surface area contributed by atoms with E-state index in [1.165, 1.54) is 18.4 Å². The first-order valence-electron chi connectivity index (χ1n) is 4.74. The fourth-order valence-electron chi connectivity index (χ4n) is 1.37. The summed E-state index contributed by atoms with van der Waals surface area (Å²) in [6.45, 7) is 1.65. The van der Waals surface area contributed by atoms with Crippen molar-refractivity contribution in [1.82, 2.24) is 15.0 Å². The molecule has 0 aromatic carbocycles. The number of nitrogens with two attached hydrogens (primary N) is 1. The average molecular weight is 250 g/mol. The van der Waals surface area contributed by atoms with Gasteiger partial charge >= 0.3 is 0 Å². The van der Waals surface area contributed by atoms with Gasteiger partial charge in [-0.05, 0) is 6.92 Å². The molecule has 0 saturated heterocycles. The quantitative estimate of drug-likeness (QED) is 0.878. The van der Waals surface area contributed by atoms with Crippen molar-refractivity contribution in [3.63, 3.8) is 0 Å². The molecule has 6 nitrogen and oxygen atoms in total. The minimum Gasteiger partial charge on any atom is -0.479 e. The van der Waals surface area contributed by atoms with Crippen LogP contribution >= 0.6 is 11.3 Å². The van der Waals surface area contributed by atoms with Crippen molar-refractivity contribution in [2.24, 2.45) is 5.73 Å². The summed E-state index contributed by atoms with van der Waals surface area (Å²) in [6, 6.07) is 0. The van der Waals surface area contributed by atoms with Gasteiger partial charge in [-0.3, -0.25) is 4.79 Å². The standard InChI is InChI=1S/C10H10N4O2S/c1-5-7(9(11)15)14-8(10(13-5)16-2)6-3-17-4-12-6/h3-4H,1-2H3,(H2,11,15). The first-order chi connectivity index (χ1) is 8.13. The van der Waals surface area contributed by atoms with Gasteiger partial charge in [-0.15, -0.1) is 11.3 Å². The van der Waals surface area contributed by atoms with Crippen LogP contribution in [0, 0.1) is 6.92 Å². The number of carbonyl (C=O) groups is 1. The molecule has 0 aliphatic carbocycles. The van der Waals surface area contributed by atoms with Gasteiger partial charge in [-0.1, -0.05) is 0 Å². The van der Waals surface area contributed by atoms with Crippen LogP contribution in [0.2, 0.25) is 0 Å². The molecule has 17 heavy (non-hydrogen) atoms. The van der Waals surface area contributed by atoms with Gasteiger partial charge in [0.05, 0.1) is 18.3 Å². The van der Waals surface area contributed by atoms with Crippen LogP contribution in [0.3, 0.4) is 0 Å². The van der Waals surface area contributed by atoms with E-state index in [0.29, 0.717) is 23.0 Å². The smallest absolute Gasteiger partial charge is 0.269 e. The summed E-state index contributed by atoms with van der Waals surface area (Å²) in [7, 11) is 1.49. The molecule has 2 heterocycles. The monoisotopic (exact) mass is 250 g/mol. The third kappa shape index (κ3) is 2.09. The second-order valence-electron chi connectivity index (χ2n) is 3.25. The zero-order valence-electron chi connectivity index (χ0n) is 9.30. The van der Waals surface area contributed by atoms with Crippen molar-refractivity contribution in [2.45, 2.75) is 6.92 Å². The molecule has 0 fully saturated rings. The molecule has 0 atom stereocenters.